The van der Waals surface area contributed by atoms with Gasteiger partial charge in [0.25, 0.3) is 0 Å². The van der Waals surface area contributed by atoms with E-state index in [9.17, 15) is 4.79 Å². The predicted octanol–water partition coefficient (Wildman–Crippen LogP) is 3.99. The van der Waals surface area contributed by atoms with Crippen LogP contribution in [0.4, 0.5) is 11.5 Å². The minimum absolute atomic E-state index is 0.216. The van der Waals surface area contributed by atoms with Crippen LogP contribution < -0.4 is 9.64 Å². The number of fused-ring (bicyclic) bond motifs is 1. The maximum atomic E-state index is 13.2. The van der Waals surface area contributed by atoms with Gasteiger partial charge in [-0.15, -0.1) is 6.42 Å². The van der Waals surface area contributed by atoms with Crippen LogP contribution in [0.15, 0.2) is 30.5 Å². The zero-order valence-electron chi connectivity index (χ0n) is 18.2. The Balaban J connectivity index is 2.07. The molecule has 3 rings (SSSR count). The molecule has 32 heavy (non-hydrogen) atoms. The third kappa shape index (κ3) is 5.58. The summed E-state index contributed by atoms with van der Waals surface area (Å²) in [6.07, 6.45) is 7.58. The monoisotopic (exact) mass is 542 g/mol. The van der Waals surface area contributed by atoms with Gasteiger partial charge >= 0.3 is 5.91 Å². The van der Waals surface area contributed by atoms with Crippen molar-refractivity contribution in [2.45, 2.75) is 20.3 Å². The summed E-state index contributed by atoms with van der Waals surface area (Å²) in [6.45, 7) is 4.70. The Morgan fingerprint density at radius 2 is 2.09 bits per heavy atom. The minimum Gasteiger partial charge on any atom is -0.489 e. The summed E-state index contributed by atoms with van der Waals surface area (Å²) in [6, 6.07) is 7.38. The lowest BCUT2D eigenvalue weighted by molar-refractivity contribution is -0.112. The van der Waals surface area contributed by atoms with Crippen LogP contribution in [-0.2, 0) is 16.6 Å². The highest BCUT2D eigenvalue weighted by Crippen LogP contribution is 2.36. The number of carbonyl (C=O) groups excluding carboxylic acids is 1. The number of pyridine rings is 1. The molecule has 0 fully saturated rings. The van der Waals surface area contributed by atoms with E-state index in [2.05, 4.69) is 50.4 Å². The van der Waals surface area contributed by atoms with Gasteiger partial charge in [0.15, 0.2) is 0 Å². The van der Waals surface area contributed by atoms with Crippen molar-refractivity contribution in [3.8, 4) is 29.9 Å². The van der Waals surface area contributed by atoms with Crippen LogP contribution in [0, 0.1) is 34.7 Å². The molecular weight excluding hydrogens is 519 g/mol. The molecule has 0 aliphatic rings. The Morgan fingerprint density at radius 3 is 2.84 bits per heavy atom. The van der Waals surface area contributed by atoms with E-state index in [1.165, 1.54) is 4.90 Å². The molecule has 0 saturated carbocycles. The number of benzene rings is 1. The first-order valence-electron chi connectivity index (χ1n) is 10.0. The lowest BCUT2D eigenvalue weighted by Crippen LogP contribution is -2.26. The van der Waals surface area contributed by atoms with Gasteiger partial charge in [-0.25, -0.2) is 9.88 Å². The Labute approximate surface area is 201 Å². The number of carbonyl (C=O) groups is 1. The van der Waals surface area contributed by atoms with Crippen molar-refractivity contribution < 1.29 is 14.3 Å². The fourth-order valence-electron chi connectivity index (χ4n) is 2.97. The summed E-state index contributed by atoms with van der Waals surface area (Å²) in [4.78, 5) is 19.3. The SMILES string of the molecule is C#CCOCCOc1cc(I)c(C)cc1N(C(=O)C#CCC)c1ccc2nn(C)cc2n1. The number of rotatable bonds is 7. The number of amides is 1. The summed E-state index contributed by atoms with van der Waals surface area (Å²) in [5, 5.41) is 4.36. The third-order valence-electron chi connectivity index (χ3n) is 4.42. The fraction of sp³-hybridized carbons (Fsp3) is 0.292. The van der Waals surface area contributed by atoms with Gasteiger partial charge in [0.05, 0.1) is 18.5 Å². The topological polar surface area (TPSA) is 69.5 Å². The smallest absolute Gasteiger partial charge is 0.308 e. The average molecular weight is 542 g/mol. The molecule has 0 radical (unpaired) electrons. The number of nitrogens with zero attached hydrogens (tertiary/aromatic N) is 4. The number of terminal acetylenes is 1. The highest BCUT2D eigenvalue weighted by atomic mass is 127. The van der Waals surface area contributed by atoms with Crippen LogP contribution in [-0.4, -0.2) is 40.5 Å². The summed E-state index contributed by atoms with van der Waals surface area (Å²) < 4.78 is 14.0. The molecular formula is C24H23IN4O3. The summed E-state index contributed by atoms with van der Waals surface area (Å²) in [5.41, 5.74) is 2.98. The summed E-state index contributed by atoms with van der Waals surface area (Å²) in [5.74, 6) is 8.56. The van der Waals surface area contributed by atoms with E-state index in [0.29, 0.717) is 35.8 Å². The van der Waals surface area contributed by atoms with Gasteiger partial charge in [0, 0.05) is 17.0 Å². The van der Waals surface area contributed by atoms with Crippen LogP contribution in [0.1, 0.15) is 18.9 Å². The van der Waals surface area contributed by atoms with Crippen molar-refractivity contribution in [1.82, 2.24) is 14.8 Å². The van der Waals surface area contributed by atoms with Gasteiger partial charge < -0.3 is 9.47 Å². The first-order valence-corrected chi connectivity index (χ1v) is 11.1. The van der Waals surface area contributed by atoms with Crippen LogP contribution >= 0.6 is 22.6 Å². The molecule has 0 unspecified atom stereocenters. The molecule has 1 amide bonds. The van der Waals surface area contributed by atoms with Crippen LogP contribution in [0.3, 0.4) is 0 Å². The van der Waals surface area contributed by atoms with E-state index >= 15 is 0 Å². The molecule has 0 aliphatic heterocycles. The predicted molar refractivity (Wildman–Crippen MR) is 133 cm³/mol. The molecule has 0 N–H and O–H groups in total. The molecule has 1 aromatic carbocycles. The molecule has 8 heteroatoms. The highest BCUT2D eigenvalue weighted by molar-refractivity contribution is 14.1. The molecule has 0 aliphatic carbocycles. The van der Waals surface area contributed by atoms with Crippen molar-refractivity contribution in [3.05, 3.63) is 39.6 Å². The van der Waals surface area contributed by atoms with Crippen LogP contribution in [0.2, 0.25) is 0 Å². The van der Waals surface area contributed by atoms with E-state index in [4.69, 9.17) is 15.9 Å². The van der Waals surface area contributed by atoms with Crippen molar-refractivity contribution in [3.63, 3.8) is 0 Å². The van der Waals surface area contributed by atoms with Gasteiger partial charge in [-0.1, -0.05) is 18.8 Å². The second kappa shape index (κ2) is 11.0. The maximum Gasteiger partial charge on any atom is 0.308 e. The maximum absolute atomic E-state index is 13.2. The Hall–Kier alpha value is -3.08. The standard InChI is InChI=1S/C24H23IN4O3/c1-5-7-8-24(30)29(23-10-9-19-20(26-23)16-28(4)27-19)21-14-17(3)18(25)15-22(21)32-13-12-31-11-6-2/h2,9-10,14-16H,5,11-13H2,1,3-4H3. The summed E-state index contributed by atoms with van der Waals surface area (Å²) in [7, 11) is 1.83. The van der Waals surface area contributed by atoms with E-state index in [1.807, 2.05) is 39.1 Å². The lowest BCUT2D eigenvalue weighted by atomic mass is 10.1. The molecule has 0 bridgehead atoms. The van der Waals surface area contributed by atoms with Crippen molar-refractivity contribution >= 4 is 51.0 Å². The van der Waals surface area contributed by atoms with E-state index < -0.39 is 5.91 Å². The minimum atomic E-state index is -0.392. The average Bonchev–Trinajstić information content (AvgIpc) is 3.14. The zero-order chi connectivity index (χ0) is 23.1. The number of ether oxygens (including phenoxy) is 2. The number of aryl methyl sites for hydroxylation is 2. The van der Waals surface area contributed by atoms with E-state index in [0.717, 1.165) is 14.7 Å². The van der Waals surface area contributed by atoms with Gasteiger partial charge in [0.1, 0.15) is 35.8 Å². The van der Waals surface area contributed by atoms with Crippen LogP contribution in [0.5, 0.6) is 5.75 Å². The van der Waals surface area contributed by atoms with Gasteiger partial charge in [-0.2, -0.15) is 5.10 Å². The van der Waals surface area contributed by atoms with Crippen LogP contribution in [0.25, 0.3) is 11.0 Å². The Bertz CT molecular complexity index is 1230. The zero-order valence-corrected chi connectivity index (χ0v) is 20.3. The quantitative estimate of drug-likeness (QED) is 0.257. The molecule has 2 heterocycles. The van der Waals surface area contributed by atoms with E-state index in [1.54, 1.807) is 16.9 Å². The van der Waals surface area contributed by atoms with Crippen molar-refractivity contribution in [2.24, 2.45) is 7.05 Å². The lowest BCUT2D eigenvalue weighted by Gasteiger charge is -2.23. The number of hydrogen-bond donors (Lipinski definition) is 0. The highest BCUT2D eigenvalue weighted by Gasteiger charge is 2.23. The summed E-state index contributed by atoms with van der Waals surface area (Å²) >= 11 is 2.24. The number of hydrogen-bond acceptors (Lipinski definition) is 5. The van der Waals surface area contributed by atoms with Crippen molar-refractivity contribution in [1.29, 1.82) is 0 Å². The number of aromatic nitrogens is 3. The molecule has 2 aromatic heterocycles. The fourth-order valence-corrected chi connectivity index (χ4v) is 3.41. The first-order chi connectivity index (χ1) is 15.4. The van der Waals surface area contributed by atoms with E-state index in [-0.39, 0.29) is 13.2 Å². The Morgan fingerprint density at radius 1 is 1.28 bits per heavy atom. The normalized spacial score (nSPS) is 10.3. The second-order valence-corrected chi connectivity index (χ2v) is 8.01. The molecule has 164 valence electrons. The molecule has 0 spiro atoms. The molecule has 0 atom stereocenters. The number of anilines is 2. The van der Waals surface area contributed by atoms with Gasteiger partial charge in [0.2, 0.25) is 0 Å². The van der Waals surface area contributed by atoms with Gasteiger partial charge in [-0.3, -0.25) is 9.48 Å². The Kier molecular flexibility index (Phi) is 8.09. The van der Waals surface area contributed by atoms with Gasteiger partial charge in [-0.05, 0) is 65.3 Å². The largest absolute Gasteiger partial charge is 0.489 e. The second-order valence-electron chi connectivity index (χ2n) is 6.85. The molecule has 0 saturated heterocycles. The third-order valence-corrected chi connectivity index (χ3v) is 5.58. The molecule has 7 nitrogen and oxygen atoms in total. The van der Waals surface area contributed by atoms with Crippen molar-refractivity contribution in [2.75, 3.05) is 24.7 Å². The first kappa shape index (κ1) is 23.6. The number of halogens is 1. The molecule has 3 aromatic rings.